The summed E-state index contributed by atoms with van der Waals surface area (Å²) in [4.78, 5) is 62.7. The highest BCUT2D eigenvalue weighted by Gasteiger charge is 2.51. The quantitative estimate of drug-likeness (QED) is 0.130. The Bertz CT molecular complexity index is 1620. The van der Waals surface area contributed by atoms with Gasteiger partial charge < -0.3 is 38.6 Å². The second kappa shape index (κ2) is 24.2. The van der Waals surface area contributed by atoms with E-state index in [1.165, 1.54) is 0 Å². The molecule has 16 heteroatoms. The summed E-state index contributed by atoms with van der Waals surface area (Å²) in [6.07, 6.45) is 0.238. The van der Waals surface area contributed by atoms with Crippen LogP contribution in [0.15, 0.2) is 48.5 Å². The topological polar surface area (TPSA) is 177 Å². The van der Waals surface area contributed by atoms with Crippen LogP contribution in [0.4, 0.5) is 0 Å². The van der Waals surface area contributed by atoms with E-state index in [0.29, 0.717) is 74.4 Å². The summed E-state index contributed by atoms with van der Waals surface area (Å²) in [5.74, 6) is -1.92. The zero-order chi connectivity index (χ0) is 43.8. The smallest absolute Gasteiger partial charge is 0.339 e. The van der Waals surface area contributed by atoms with Gasteiger partial charge in [-0.1, -0.05) is 63.1 Å². The average molecular weight is 867 g/mol. The van der Waals surface area contributed by atoms with Gasteiger partial charge >= 0.3 is 23.9 Å². The van der Waals surface area contributed by atoms with Crippen molar-refractivity contribution in [1.29, 1.82) is 0 Å². The maximum atomic E-state index is 13.9. The Balaban J connectivity index is 1.05. The minimum Gasteiger partial charge on any atom is -0.457 e. The van der Waals surface area contributed by atoms with E-state index in [4.69, 9.17) is 28.4 Å². The molecule has 0 aliphatic carbocycles. The number of aliphatic hydroxyl groups excluding tert-OH is 2. The number of nitrogens with zero attached hydrogens (tertiary/aromatic N) is 4. The van der Waals surface area contributed by atoms with E-state index in [-0.39, 0.29) is 51.5 Å². The second-order valence-electron chi connectivity index (χ2n) is 16.6. The summed E-state index contributed by atoms with van der Waals surface area (Å²) in [6.45, 7) is 11.7. The Morgan fingerprint density at radius 3 is 1.34 bits per heavy atom. The second-order valence-corrected chi connectivity index (χ2v) is 16.6. The Kier molecular flexibility index (Phi) is 18.5. The van der Waals surface area contributed by atoms with E-state index in [1.54, 1.807) is 36.4 Å². The van der Waals surface area contributed by atoms with Crippen LogP contribution in [0, 0.1) is 0 Å². The third kappa shape index (κ3) is 13.0. The van der Waals surface area contributed by atoms with Crippen LogP contribution in [0.25, 0.3) is 0 Å². The van der Waals surface area contributed by atoms with Crippen LogP contribution in [-0.4, -0.2) is 183 Å². The molecule has 2 N–H and O–H groups in total. The SMILES string of the molecule is CCCC[C@H](OC(=O)CN1CCN(CCO)CC1)c1ccccc1C(=O)O[C@H]1CO[C@H]2[C@@H]1OC[C@H]2OC(=O)c1ccccc1[C@H](CCCC)OC(=O)CN1CCN(CCO)CC1. The van der Waals surface area contributed by atoms with Crippen molar-refractivity contribution in [3.05, 3.63) is 70.8 Å². The Morgan fingerprint density at radius 2 is 0.968 bits per heavy atom. The maximum Gasteiger partial charge on any atom is 0.339 e. The van der Waals surface area contributed by atoms with Crippen molar-refractivity contribution in [2.75, 3.05) is 105 Å². The number of piperazine rings is 2. The molecule has 4 heterocycles. The Morgan fingerprint density at radius 1 is 0.597 bits per heavy atom. The molecule has 2 aromatic rings. The number of benzene rings is 2. The van der Waals surface area contributed by atoms with Gasteiger partial charge in [-0.25, -0.2) is 9.59 Å². The van der Waals surface area contributed by atoms with Crippen molar-refractivity contribution >= 4 is 23.9 Å². The summed E-state index contributed by atoms with van der Waals surface area (Å²) in [5.41, 5.74) is 1.72. The van der Waals surface area contributed by atoms with Crippen LogP contribution in [0.3, 0.4) is 0 Å². The normalized spacial score (nSPS) is 23.4. The van der Waals surface area contributed by atoms with E-state index in [9.17, 15) is 29.4 Å². The fourth-order valence-electron chi connectivity index (χ4n) is 8.68. The van der Waals surface area contributed by atoms with Crippen molar-refractivity contribution in [3.8, 4) is 0 Å². The minimum atomic E-state index is -0.770. The molecule has 4 aliphatic heterocycles. The average Bonchev–Trinajstić information content (AvgIpc) is 3.87. The lowest BCUT2D eigenvalue weighted by atomic mass is 9.98. The maximum absolute atomic E-state index is 13.9. The molecule has 6 atom stereocenters. The molecule has 342 valence electrons. The number of hydrogen-bond acceptors (Lipinski definition) is 16. The first-order valence-electron chi connectivity index (χ1n) is 22.5. The molecule has 4 fully saturated rings. The number of ether oxygens (including phenoxy) is 6. The van der Waals surface area contributed by atoms with Crippen LogP contribution in [0.5, 0.6) is 0 Å². The first kappa shape index (κ1) is 47.5. The Hall–Kier alpha value is -4.00. The molecule has 0 unspecified atom stereocenters. The highest BCUT2D eigenvalue weighted by Crippen LogP contribution is 2.34. The van der Waals surface area contributed by atoms with Crippen molar-refractivity contribution in [1.82, 2.24) is 19.6 Å². The van der Waals surface area contributed by atoms with Crippen molar-refractivity contribution in [2.45, 2.75) is 89.0 Å². The molecule has 4 aliphatic rings. The van der Waals surface area contributed by atoms with Crippen LogP contribution >= 0.6 is 0 Å². The lowest BCUT2D eigenvalue weighted by Gasteiger charge is -2.34. The number of fused-ring (bicyclic) bond motifs is 1. The van der Waals surface area contributed by atoms with Crippen molar-refractivity contribution < 1.29 is 57.8 Å². The fourth-order valence-corrected chi connectivity index (χ4v) is 8.68. The number of aliphatic hydroxyl groups is 2. The van der Waals surface area contributed by atoms with Gasteiger partial charge in [0.25, 0.3) is 0 Å². The molecule has 6 rings (SSSR count). The molecule has 0 amide bonds. The van der Waals surface area contributed by atoms with Gasteiger partial charge in [-0.3, -0.25) is 29.2 Å². The number of carbonyl (C=O) groups excluding carboxylic acids is 4. The number of β-amino-alcohol motifs (C(OH)–C–C–N with tert-alkyl or cyclic N) is 2. The van der Waals surface area contributed by atoms with E-state index < -0.39 is 48.6 Å². The van der Waals surface area contributed by atoms with E-state index in [2.05, 4.69) is 23.6 Å². The predicted octanol–water partition coefficient (Wildman–Crippen LogP) is 3.00. The number of esters is 4. The molecule has 0 bridgehead atoms. The van der Waals surface area contributed by atoms with Gasteiger partial charge in [0.15, 0.2) is 12.2 Å². The van der Waals surface area contributed by atoms with Gasteiger partial charge in [0, 0.05) is 76.6 Å². The fraction of sp³-hybridized carbons (Fsp3) is 0.652. The van der Waals surface area contributed by atoms with Crippen LogP contribution in [-0.2, 0) is 38.0 Å². The van der Waals surface area contributed by atoms with Crippen LogP contribution in [0.2, 0.25) is 0 Å². The first-order chi connectivity index (χ1) is 30.2. The van der Waals surface area contributed by atoms with Gasteiger partial charge in [-0.2, -0.15) is 0 Å². The van der Waals surface area contributed by atoms with Gasteiger partial charge in [-0.15, -0.1) is 0 Å². The molecule has 0 spiro atoms. The molecular weight excluding hydrogens is 801 g/mol. The van der Waals surface area contributed by atoms with Crippen molar-refractivity contribution in [2.24, 2.45) is 0 Å². The minimum absolute atomic E-state index is 0.0409. The van der Waals surface area contributed by atoms with E-state index >= 15 is 0 Å². The lowest BCUT2D eigenvalue weighted by molar-refractivity contribution is -0.152. The number of hydrogen-bond donors (Lipinski definition) is 2. The monoisotopic (exact) mass is 866 g/mol. The molecule has 0 aromatic heterocycles. The highest BCUT2D eigenvalue weighted by molar-refractivity contribution is 5.92. The van der Waals surface area contributed by atoms with Crippen LogP contribution in [0.1, 0.15) is 96.4 Å². The predicted molar refractivity (Wildman–Crippen MR) is 227 cm³/mol. The number of rotatable bonds is 22. The molecular formula is C46H66N4O12. The molecule has 62 heavy (non-hydrogen) atoms. The lowest BCUT2D eigenvalue weighted by Crippen LogP contribution is -2.48. The van der Waals surface area contributed by atoms with Crippen LogP contribution < -0.4 is 0 Å². The van der Waals surface area contributed by atoms with E-state index in [1.807, 2.05) is 21.9 Å². The molecule has 0 saturated carbocycles. The number of unbranched alkanes of at least 4 members (excludes halogenated alkanes) is 2. The molecule has 2 aromatic carbocycles. The zero-order valence-electron chi connectivity index (χ0n) is 36.4. The number of carbonyl (C=O) groups is 4. The van der Waals surface area contributed by atoms with Crippen molar-refractivity contribution in [3.63, 3.8) is 0 Å². The standard InChI is InChI=1S/C46H66N4O12/c1-3-5-15-37(59-41(53)29-49-21-17-47(18-22-49)25-27-51)33-11-7-9-13-35(33)45(55)61-39-31-57-44-40(32-58-43(39)44)62-46(56)36-14-10-8-12-34(36)38(16-6-4-2)60-42(54)30-50-23-19-48(20-24-50)26-28-52/h7-14,37-40,43-44,51-52H,3-6,15-32H2,1-2H3/t37-,38-,39-,40+,43+,44+/m0/s1. The van der Waals surface area contributed by atoms with Gasteiger partial charge in [0.1, 0.15) is 24.4 Å². The first-order valence-corrected chi connectivity index (χ1v) is 22.5. The summed E-state index contributed by atoms with van der Waals surface area (Å²) in [6, 6.07) is 14.0. The summed E-state index contributed by atoms with van der Waals surface area (Å²) in [7, 11) is 0. The Labute approximate surface area is 365 Å². The molecule has 0 radical (unpaired) electrons. The highest BCUT2D eigenvalue weighted by atomic mass is 16.7. The third-order valence-electron chi connectivity index (χ3n) is 12.2. The third-order valence-corrected chi connectivity index (χ3v) is 12.2. The zero-order valence-corrected chi connectivity index (χ0v) is 36.4. The molecule has 16 nitrogen and oxygen atoms in total. The summed E-state index contributed by atoms with van der Waals surface area (Å²) >= 11 is 0. The van der Waals surface area contributed by atoms with Gasteiger partial charge in [0.05, 0.1) is 50.6 Å². The van der Waals surface area contributed by atoms with Gasteiger partial charge in [0.2, 0.25) is 0 Å². The van der Waals surface area contributed by atoms with Gasteiger partial charge in [-0.05, 0) is 37.8 Å². The molecule has 4 saturated heterocycles. The summed E-state index contributed by atoms with van der Waals surface area (Å²) < 4.78 is 36.3. The largest absolute Gasteiger partial charge is 0.457 e. The summed E-state index contributed by atoms with van der Waals surface area (Å²) in [5, 5.41) is 18.5. The van der Waals surface area contributed by atoms with E-state index in [0.717, 1.165) is 51.9 Å².